The monoisotopic (exact) mass is 670 g/mol. The molecule has 0 aliphatic rings. The Morgan fingerprint density at radius 1 is 0.630 bits per heavy atom. The first-order chi connectivity index (χ1) is 22.2. The average molecular weight is 671 g/mol. The van der Waals surface area contributed by atoms with E-state index in [4.69, 9.17) is 11.6 Å². The van der Waals surface area contributed by atoms with Crippen molar-refractivity contribution in [1.82, 2.24) is 19.7 Å². The van der Waals surface area contributed by atoms with Gasteiger partial charge < -0.3 is 0 Å². The fourth-order valence-electron chi connectivity index (χ4n) is 4.91. The third-order valence-electron chi connectivity index (χ3n) is 7.26. The van der Waals surface area contributed by atoms with Crippen LogP contribution in [0.15, 0.2) is 131 Å². The molecular weight excluding hydrogens is 645 g/mol. The molecule has 46 heavy (non-hydrogen) atoms. The number of para-hydroxylation sites is 2. The van der Waals surface area contributed by atoms with Crippen LogP contribution >= 0.6 is 35.1 Å². The number of halogens is 4. The van der Waals surface area contributed by atoms with Crippen molar-refractivity contribution >= 4 is 56.9 Å². The van der Waals surface area contributed by atoms with Crippen molar-refractivity contribution in [2.75, 3.05) is 12.5 Å². The summed E-state index contributed by atoms with van der Waals surface area (Å²) in [7, 11) is 0. The third kappa shape index (κ3) is 6.92. The van der Waals surface area contributed by atoms with Gasteiger partial charge in [0.15, 0.2) is 5.69 Å². The van der Waals surface area contributed by atoms with E-state index in [9.17, 15) is 13.2 Å². The second kappa shape index (κ2) is 13.6. The predicted molar refractivity (Wildman–Crippen MR) is 185 cm³/mol. The topological polar surface area (TPSA) is 43.6 Å². The second-order valence-electron chi connectivity index (χ2n) is 10.2. The van der Waals surface area contributed by atoms with Gasteiger partial charge in [-0.25, -0.2) is 14.6 Å². The summed E-state index contributed by atoms with van der Waals surface area (Å²) in [6.07, 6.45) is 0.910. The molecule has 0 fully saturated rings. The van der Waals surface area contributed by atoms with Gasteiger partial charge in [-0.1, -0.05) is 72.3 Å². The van der Waals surface area contributed by atoms with Crippen LogP contribution in [0.1, 0.15) is 5.69 Å². The molecule has 4 nitrogen and oxygen atoms in total. The van der Waals surface area contributed by atoms with E-state index in [1.807, 2.05) is 85.1 Å². The molecule has 0 bridgehead atoms. The number of alkyl halides is 3. The van der Waals surface area contributed by atoms with Crippen LogP contribution in [0.3, 0.4) is 0 Å². The van der Waals surface area contributed by atoms with Crippen LogP contribution in [-0.4, -0.2) is 32.3 Å². The van der Waals surface area contributed by atoms with Gasteiger partial charge >= 0.3 is 6.18 Å². The zero-order valence-corrected chi connectivity index (χ0v) is 27.1. The SMILES string of the molecule is CSc1ccc(-c2cc(-n3ccc(C(F)(F)F)n3)c3ccccc3n2)cc1.CSc1ccc(-c2cc(Cl)c3ccccc3n2)cc1. The highest BCUT2D eigenvalue weighted by atomic mass is 35.5. The molecule has 4 aromatic carbocycles. The second-order valence-corrected chi connectivity index (χ2v) is 12.3. The van der Waals surface area contributed by atoms with Gasteiger partial charge in [0, 0.05) is 37.9 Å². The van der Waals surface area contributed by atoms with Crippen LogP contribution < -0.4 is 0 Å². The maximum absolute atomic E-state index is 13.0. The standard InChI is InChI=1S/C20H14F3N3S.C16H12ClNS/c1-27-14-8-6-13(7-9-14)17-12-18(15-4-2-3-5-16(15)24-17)26-11-10-19(25-26)20(21,22)23;1-19-12-8-6-11(7-9-12)16-10-14(17)13-4-2-3-5-15(13)18-16/h2-12H,1H3;2-10H,1H3. The van der Waals surface area contributed by atoms with Crippen molar-refractivity contribution in [3.05, 3.63) is 132 Å². The third-order valence-corrected chi connectivity index (χ3v) is 9.06. The molecule has 0 amide bonds. The lowest BCUT2D eigenvalue weighted by molar-refractivity contribution is -0.141. The van der Waals surface area contributed by atoms with E-state index in [0.717, 1.165) is 49.1 Å². The fraction of sp³-hybridized carbons (Fsp3) is 0.0833. The van der Waals surface area contributed by atoms with Gasteiger partial charge in [-0.2, -0.15) is 18.3 Å². The number of hydrogen-bond acceptors (Lipinski definition) is 5. The highest BCUT2D eigenvalue weighted by Gasteiger charge is 2.33. The number of aromatic nitrogens is 4. The van der Waals surface area contributed by atoms with E-state index >= 15 is 0 Å². The Kier molecular flexibility index (Phi) is 9.35. The summed E-state index contributed by atoms with van der Waals surface area (Å²) in [6, 6.07) is 36.2. The van der Waals surface area contributed by atoms with E-state index in [0.29, 0.717) is 16.9 Å². The number of rotatable bonds is 5. The van der Waals surface area contributed by atoms with Crippen LogP contribution in [0.2, 0.25) is 5.02 Å². The molecule has 0 atom stereocenters. The summed E-state index contributed by atoms with van der Waals surface area (Å²) >= 11 is 9.70. The highest BCUT2D eigenvalue weighted by molar-refractivity contribution is 7.98. The molecule has 7 aromatic rings. The fourth-order valence-corrected chi connectivity index (χ4v) is 5.99. The zero-order chi connectivity index (χ0) is 32.3. The van der Waals surface area contributed by atoms with Crippen molar-refractivity contribution in [1.29, 1.82) is 0 Å². The zero-order valence-electron chi connectivity index (χ0n) is 24.7. The molecule has 3 heterocycles. The summed E-state index contributed by atoms with van der Waals surface area (Å²) in [5, 5.41) is 6.20. The molecule has 0 saturated heterocycles. The van der Waals surface area contributed by atoms with Crippen molar-refractivity contribution in [3.8, 4) is 28.2 Å². The molecule has 0 N–H and O–H groups in total. The number of nitrogens with zero attached hydrogens (tertiary/aromatic N) is 4. The van der Waals surface area contributed by atoms with Crippen molar-refractivity contribution in [2.45, 2.75) is 16.0 Å². The average Bonchev–Trinajstić information content (AvgIpc) is 3.60. The Morgan fingerprint density at radius 3 is 1.65 bits per heavy atom. The molecule has 0 aliphatic heterocycles. The normalized spacial score (nSPS) is 11.4. The Bertz CT molecular complexity index is 2130. The largest absolute Gasteiger partial charge is 0.435 e. The minimum absolute atomic E-state index is 0.556. The van der Waals surface area contributed by atoms with Gasteiger partial charge in [-0.05, 0) is 67.1 Å². The molecule has 7 rings (SSSR count). The minimum atomic E-state index is -4.48. The van der Waals surface area contributed by atoms with Crippen LogP contribution in [0.4, 0.5) is 13.2 Å². The predicted octanol–water partition coefficient (Wildman–Crippen LogP) is 11.1. The number of thioether (sulfide) groups is 2. The van der Waals surface area contributed by atoms with E-state index in [-0.39, 0.29) is 0 Å². The van der Waals surface area contributed by atoms with E-state index in [2.05, 4.69) is 45.6 Å². The van der Waals surface area contributed by atoms with E-state index < -0.39 is 11.9 Å². The molecular formula is C36H26ClF3N4S2. The number of pyridine rings is 2. The lowest BCUT2D eigenvalue weighted by Gasteiger charge is -2.11. The Morgan fingerprint density at radius 2 is 1.13 bits per heavy atom. The molecule has 0 radical (unpaired) electrons. The lowest BCUT2D eigenvalue weighted by atomic mass is 10.1. The molecule has 230 valence electrons. The lowest BCUT2D eigenvalue weighted by Crippen LogP contribution is -2.07. The van der Waals surface area contributed by atoms with Gasteiger partial charge in [0.05, 0.1) is 33.1 Å². The van der Waals surface area contributed by atoms with E-state index in [1.165, 1.54) is 15.8 Å². The quantitative estimate of drug-likeness (QED) is 0.171. The smallest absolute Gasteiger partial charge is 0.248 e. The highest BCUT2D eigenvalue weighted by Crippen LogP contribution is 2.32. The number of benzene rings is 4. The summed E-state index contributed by atoms with van der Waals surface area (Å²) < 4.78 is 40.1. The van der Waals surface area contributed by atoms with Crippen LogP contribution in [0, 0.1) is 0 Å². The van der Waals surface area contributed by atoms with Gasteiger partial charge in [0.2, 0.25) is 0 Å². The maximum atomic E-state index is 13.0. The maximum Gasteiger partial charge on any atom is 0.435 e. The molecule has 10 heteroatoms. The van der Waals surface area contributed by atoms with Crippen LogP contribution in [-0.2, 0) is 6.18 Å². The summed E-state index contributed by atoms with van der Waals surface area (Å²) in [5.41, 5.74) is 4.83. The Hall–Kier alpha value is -4.31. The first-order valence-corrected chi connectivity index (χ1v) is 16.9. The van der Waals surface area contributed by atoms with Crippen molar-refractivity contribution in [2.24, 2.45) is 0 Å². The van der Waals surface area contributed by atoms with Crippen molar-refractivity contribution in [3.63, 3.8) is 0 Å². The first kappa shape index (κ1) is 31.7. The van der Waals surface area contributed by atoms with Gasteiger partial charge in [0.1, 0.15) is 0 Å². The molecule has 0 spiro atoms. The van der Waals surface area contributed by atoms with Gasteiger partial charge in [-0.15, -0.1) is 23.5 Å². The van der Waals surface area contributed by atoms with Gasteiger partial charge in [0.25, 0.3) is 0 Å². The van der Waals surface area contributed by atoms with Crippen LogP contribution in [0.25, 0.3) is 50.0 Å². The number of fused-ring (bicyclic) bond motifs is 2. The number of hydrogen-bond donors (Lipinski definition) is 0. The summed E-state index contributed by atoms with van der Waals surface area (Å²) in [4.78, 5) is 11.7. The van der Waals surface area contributed by atoms with Crippen LogP contribution in [0.5, 0.6) is 0 Å². The van der Waals surface area contributed by atoms with Crippen molar-refractivity contribution < 1.29 is 13.2 Å². The molecule has 3 aromatic heterocycles. The Labute approximate surface area is 277 Å². The Balaban J connectivity index is 0.000000172. The molecule has 0 saturated carbocycles. The van der Waals surface area contributed by atoms with E-state index in [1.54, 1.807) is 29.6 Å². The van der Waals surface area contributed by atoms with Gasteiger partial charge in [-0.3, -0.25) is 0 Å². The first-order valence-electron chi connectivity index (χ1n) is 14.1. The summed E-state index contributed by atoms with van der Waals surface area (Å²) in [5.74, 6) is 0. The molecule has 0 aliphatic carbocycles. The summed E-state index contributed by atoms with van der Waals surface area (Å²) in [6.45, 7) is 0. The minimum Gasteiger partial charge on any atom is -0.248 e. The molecule has 0 unspecified atom stereocenters.